The number of carbonyl (C=O) groups excluding carboxylic acids is 2. The summed E-state index contributed by atoms with van der Waals surface area (Å²) in [5, 5.41) is 2.75. The van der Waals surface area contributed by atoms with E-state index >= 15 is 0 Å². The number of carbonyl (C=O) groups is 2. The zero-order chi connectivity index (χ0) is 23.0. The number of benzene rings is 2. The fourth-order valence-corrected chi connectivity index (χ4v) is 3.86. The number of rotatable bonds is 10. The molecule has 0 fully saturated rings. The number of hydrogen-bond donors (Lipinski definition) is 1. The Morgan fingerprint density at radius 2 is 1.68 bits per heavy atom. The van der Waals surface area contributed by atoms with Crippen LogP contribution in [0.25, 0.3) is 0 Å². The smallest absolute Gasteiger partial charge is 0.244 e. The van der Waals surface area contributed by atoms with Crippen molar-refractivity contribution in [1.29, 1.82) is 0 Å². The van der Waals surface area contributed by atoms with Crippen molar-refractivity contribution >= 4 is 27.5 Å². The van der Waals surface area contributed by atoms with E-state index < -0.39 is 34.3 Å². The van der Waals surface area contributed by atoms with Gasteiger partial charge in [0.2, 0.25) is 21.8 Å². The van der Waals surface area contributed by atoms with Crippen LogP contribution in [0.4, 0.5) is 10.1 Å². The number of nitrogens with one attached hydrogen (secondary N) is 1. The van der Waals surface area contributed by atoms with Gasteiger partial charge in [-0.05, 0) is 31.0 Å². The molecule has 1 N–H and O–H groups in total. The summed E-state index contributed by atoms with van der Waals surface area (Å²) in [5.41, 5.74) is 0.559. The molecule has 0 heterocycles. The summed E-state index contributed by atoms with van der Waals surface area (Å²) in [7, 11) is -3.96. The Kier molecular flexibility index (Phi) is 8.56. The summed E-state index contributed by atoms with van der Waals surface area (Å²) < 4.78 is 39.7. The first kappa shape index (κ1) is 24.3. The van der Waals surface area contributed by atoms with Gasteiger partial charge < -0.3 is 10.2 Å². The van der Waals surface area contributed by atoms with Crippen molar-refractivity contribution < 1.29 is 22.4 Å². The lowest BCUT2D eigenvalue weighted by atomic mass is 10.1. The maximum Gasteiger partial charge on any atom is 0.244 e. The van der Waals surface area contributed by atoms with Crippen LogP contribution in [0.3, 0.4) is 0 Å². The van der Waals surface area contributed by atoms with Crippen molar-refractivity contribution in [3.8, 4) is 0 Å². The lowest BCUT2D eigenvalue weighted by molar-refractivity contribution is -0.139. The van der Waals surface area contributed by atoms with E-state index in [1.807, 2.05) is 37.3 Å². The summed E-state index contributed by atoms with van der Waals surface area (Å²) in [4.78, 5) is 27.1. The molecule has 0 aliphatic heterocycles. The second kappa shape index (κ2) is 10.9. The topological polar surface area (TPSA) is 86.8 Å². The normalized spacial score (nSPS) is 12.1. The van der Waals surface area contributed by atoms with Crippen molar-refractivity contribution in [2.45, 2.75) is 32.9 Å². The van der Waals surface area contributed by atoms with Crippen LogP contribution in [0.1, 0.15) is 25.8 Å². The third-order valence-electron chi connectivity index (χ3n) is 4.71. The van der Waals surface area contributed by atoms with Gasteiger partial charge in [-0.15, -0.1) is 0 Å². The molecule has 0 aliphatic carbocycles. The molecule has 168 valence electrons. The lowest BCUT2D eigenvalue weighted by Crippen LogP contribution is -2.51. The monoisotopic (exact) mass is 449 g/mol. The van der Waals surface area contributed by atoms with Crippen LogP contribution < -0.4 is 9.62 Å². The molecule has 0 spiro atoms. The van der Waals surface area contributed by atoms with Crippen LogP contribution >= 0.6 is 0 Å². The highest BCUT2D eigenvalue weighted by Gasteiger charge is 2.30. The molecule has 2 rings (SSSR count). The van der Waals surface area contributed by atoms with Gasteiger partial charge >= 0.3 is 0 Å². The van der Waals surface area contributed by atoms with Crippen molar-refractivity contribution in [1.82, 2.24) is 10.2 Å². The van der Waals surface area contributed by atoms with Crippen LogP contribution in [-0.4, -0.2) is 50.5 Å². The molecular weight excluding hydrogens is 421 g/mol. The summed E-state index contributed by atoms with van der Waals surface area (Å²) in [6.07, 6.45) is 1.64. The number of anilines is 1. The van der Waals surface area contributed by atoms with Gasteiger partial charge in [0.25, 0.3) is 0 Å². The molecule has 0 aliphatic rings. The first-order valence-electron chi connectivity index (χ1n) is 9.98. The Hall–Kier alpha value is -2.94. The Morgan fingerprint density at radius 1 is 1.06 bits per heavy atom. The van der Waals surface area contributed by atoms with Crippen molar-refractivity contribution in [2.24, 2.45) is 0 Å². The molecule has 7 nitrogen and oxygen atoms in total. The third-order valence-corrected chi connectivity index (χ3v) is 5.84. The number of para-hydroxylation sites is 1. The van der Waals surface area contributed by atoms with Crippen LogP contribution in [0.2, 0.25) is 0 Å². The summed E-state index contributed by atoms with van der Waals surface area (Å²) in [6, 6.07) is 13.6. The van der Waals surface area contributed by atoms with Gasteiger partial charge in [-0.1, -0.05) is 49.4 Å². The predicted molar refractivity (Wildman–Crippen MR) is 118 cm³/mol. The van der Waals surface area contributed by atoms with Gasteiger partial charge in [-0.25, -0.2) is 12.8 Å². The summed E-state index contributed by atoms with van der Waals surface area (Å²) in [5.74, 6) is -1.72. The molecule has 0 radical (unpaired) electrons. The van der Waals surface area contributed by atoms with Gasteiger partial charge in [0, 0.05) is 13.1 Å². The number of sulfonamides is 1. The highest BCUT2D eigenvalue weighted by Crippen LogP contribution is 2.22. The molecule has 0 bridgehead atoms. The Balaban J connectivity index is 2.35. The average molecular weight is 450 g/mol. The number of amides is 2. The van der Waals surface area contributed by atoms with E-state index in [1.165, 1.54) is 23.1 Å². The van der Waals surface area contributed by atoms with Crippen LogP contribution in [0.15, 0.2) is 54.6 Å². The zero-order valence-electron chi connectivity index (χ0n) is 17.9. The Bertz CT molecular complexity index is 999. The molecule has 1 atom stereocenters. The van der Waals surface area contributed by atoms with Crippen molar-refractivity contribution in [3.05, 3.63) is 66.0 Å². The Labute approximate surface area is 182 Å². The van der Waals surface area contributed by atoms with E-state index in [0.29, 0.717) is 6.54 Å². The highest BCUT2D eigenvalue weighted by atomic mass is 32.2. The van der Waals surface area contributed by atoms with Crippen molar-refractivity contribution in [2.75, 3.05) is 23.7 Å². The van der Waals surface area contributed by atoms with Gasteiger partial charge in [0.15, 0.2) is 0 Å². The summed E-state index contributed by atoms with van der Waals surface area (Å²) >= 11 is 0. The third kappa shape index (κ3) is 6.78. The fraction of sp³-hybridized carbons (Fsp3) is 0.364. The minimum absolute atomic E-state index is 0.106. The molecular formula is C22H28FN3O4S. The molecule has 31 heavy (non-hydrogen) atoms. The standard InChI is InChI=1S/C22H28FN3O4S/c1-4-14-24-22(28)17(2)25(15-18-10-6-5-7-11-18)21(27)16-26(31(3,29)30)20-13-9-8-12-19(20)23/h5-13,17H,4,14-16H2,1-3H3,(H,24,28)/t17-/m1/s1. The first-order chi connectivity index (χ1) is 14.6. The molecule has 0 saturated carbocycles. The zero-order valence-corrected chi connectivity index (χ0v) is 18.7. The van der Waals surface area contributed by atoms with Crippen molar-refractivity contribution in [3.63, 3.8) is 0 Å². The molecule has 2 amide bonds. The van der Waals surface area contributed by atoms with Crippen LogP contribution in [-0.2, 0) is 26.2 Å². The van der Waals surface area contributed by atoms with E-state index in [4.69, 9.17) is 0 Å². The molecule has 0 unspecified atom stereocenters. The minimum Gasteiger partial charge on any atom is -0.354 e. The fourth-order valence-electron chi connectivity index (χ4n) is 3.01. The van der Waals surface area contributed by atoms with Gasteiger partial charge in [0.05, 0.1) is 11.9 Å². The minimum atomic E-state index is -3.96. The maximum atomic E-state index is 14.3. The molecule has 0 aromatic heterocycles. The van der Waals surface area contributed by atoms with Gasteiger partial charge in [0.1, 0.15) is 18.4 Å². The quantitative estimate of drug-likeness (QED) is 0.604. The number of halogens is 1. The van der Waals surface area contributed by atoms with E-state index in [-0.39, 0.29) is 18.1 Å². The van der Waals surface area contributed by atoms with E-state index in [9.17, 15) is 22.4 Å². The highest BCUT2D eigenvalue weighted by molar-refractivity contribution is 7.92. The average Bonchev–Trinajstić information content (AvgIpc) is 2.74. The van der Waals surface area contributed by atoms with E-state index in [1.54, 1.807) is 6.92 Å². The van der Waals surface area contributed by atoms with E-state index in [0.717, 1.165) is 28.6 Å². The van der Waals surface area contributed by atoms with E-state index in [2.05, 4.69) is 5.32 Å². The van der Waals surface area contributed by atoms with Gasteiger partial charge in [-0.3, -0.25) is 13.9 Å². The van der Waals surface area contributed by atoms with Crippen LogP contribution in [0.5, 0.6) is 0 Å². The van der Waals surface area contributed by atoms with Gasteiger partial charge in [-0.2, -0.15) is 0 Å². The summed E-state index contributed by atoms with van der Waals surface area (Å²) in [6.45, 7) is 3.43. The molecule has 9 heteroatoms. The Morgan fingerprint density at radius 3 is 2.26 bits per heavy atom. The SMILES string of the molecule is CCCNC(=O)[C@@H](C)N(Cc1ccccc1)C(=O)CN(c1ccccc1F)S(C)(=O)=O. The maximum absolute atomic E-state index is 14.3. The first-order valence-corrected chi connectivity index (χ1v) is 11.8. The molecule has 0 saturated heterocycles. The predicted octanol–water partition coefficient (Wildman–Crippen LogP) is 2.54. The lowest BCUT2D eigenvalue weighted by Gasteiger charge is -2.31. The number of hydrogen-bond acceptors (Lipinski definition) is 4. The molecule has 2 aromatic carbocycles. The number of nitrogens with zero attached hydrogens (tertiary/aromatic N) is 2. The second-order valence-corrected chi connectivity index (χ2v) is 9.10. The largest absolute Gasteiger partial charge is 0.354 e. The van der Waals surface area contributed by atoms with Crippen LogP contribution in [0, 0.1) is 5.82 Å². The second-order valence-electron chi connectivity index (χ2n) is 7.20. The molecule has 2 aromatic rings.